The molecule has 3 heteroatoms. The van der Waals surface area contributed by atoms with Crippen LogP contribution in [0, 0.1) is 0 Å². The van der Waals surface area contributed by atoms with E-state index in [2.05, 4.69) is 24.3 Å². The van der Waals surface area contributed by atoms with Crippen molar-refractivity contribution in [2.75, 3.05) is 6.54 Å². The number of amides is 1. The maximum absolute atomic E-state index is 11.8. The molecule has 1 aliphatic heterocycles. The SMILES string of the molecule is NC1CC(=O)N(Cc2cccc3ccccc23)C1. The smallest absolute Gasteiger partial charge is 0.224 e. The molecule has 2 N–H and O–H groups in total. The Balaban J connectivity index is 1.93. The zero-order valence-electron chi connectivity index (χ0n) is 10.2. The summed E-state index contributed by atoms with van der Waals surface area (Å²) in [5.41, 5.74) is 7.01. The molecule has 18 heavy (non-hydrogen) atoms. The van der Waals surface area contributed by atoms with Crippen LogP contribution in [-0.4, -0.2) is 23.4 Å². The molecule has 3 rings (SSSR count). The van der Waals surface area contributed by atoms with Crippen molar-refractivity contribution in [3.05, 3.63) is 48.0 Å². The van der Waals surface area contributed by atoms with Crippen LogP contribution < -0.4 is 5.73 Å². The quantitative estimate of drug-likeness (QED) is 0.871. The van der Waals surface area contributed by atoms with Gasteiger partial charge in [-0.05, 0) is 16.3 Å². The average molecular weight is 240 g/mol. The van der Waals surface area contributed by atoms with Gasteiger partial charge in [-0.15, -0.1) is 0 Å². The van der Waals surface area contributed by atoms with Crippen LogP contribution in [0.15, 0.2) is 42.5 Å². The van der Waals surface area contributed by atoms with E-state index in [1.165, 1.54) is 16.3 Å². The van der Waals surface area contributed by atoms with E-state index in [0.717, 1.165) is 0 Å². The van der Waals surface area contributed by atoms with Gasteiger partial charge >= 0.3 is 0 Å². The maximum Gasteiger partial charge on any atom is 0.224 e. The molecule has 0 saturated carbocycles. The molecule has 0 aliphatic carbocycles. The van der Waals surface area contributed by atoms with Gasteiger partial charge in [0.25, 0.3) is 0 Å². The first-order valence-corrected chi connectivity index (χ1v) is 6.24. The predicted molar refractivity (Wildman–Crippen MR) is 72.0 cm³/mol. The zero-order valence-corrected chi connectivity index (χ0v) is 10.2. The van der Waals surface area contributed by atoms with Gasteiger partial charge in [0.2, 0.25) is 5.91 Å². The number of carbonyl (C=O) groups is 1. The van der Waals surface area contributed by atoms with E-state index in [9.17, 15) is 4.79 Å². The van der Waals surface area contributed by atoms with Crippen molar-refractivity contribution in [1.82, 2.24) is 4.90 Å². The number of nitrogens with zero attached hydrogens (tertiary/aromatic N) is 1. The molecule has 1 unspecified atom stereocenters. The number of benzene rings is 2. The van der Waals surface area contributed by atoms with Crippen molar-refractivity contribution in [1.29, 1.82) is 0 Å². The Hall–Kier alpha value is -1.87. The summed E-state index contributed by atoms with van der Waals surface area (Å²) in [6, 6.07) is 14.5. The Morgan fingerprint density at radius 2 is 1.94 bits per heavy atom. The summed E-state index contributed by atoms with van der Waals surface area (Å²) in [5, 5.41) is 2.43. The maximum atomic E-state index is 11.8. The number of likely N-dealkylation sites (tertiary alicyclic amines) is 1. The molecule has 0 radical (unpaired) electrons. The normalized spacial score (nSPS) is 19.7. The van der Waals surface area contributed by atoms with Crippen LogP contribution in [0.25, 0.3) is 10.8 Å². The third kappa shape index (κ3) is 1.97. The molecule has 0 aromatic heterocycles. The lowest BCUT2D eigenvalue weighted by atomic mass is 10.0. The van der Waals surface area contributed by atoms with Gasteiger partial charge < -0.3 is 10.6 Å². The molecule has 0 bridgehead atoms. The molecule has 3 nitrogen and oxygen atoms in total. The first-order valence-electron chi connectivity index (χ1n) is 6.24. The van der Waals surface area contributed by atoms with Gasteiger partial charge in [0.1, 0.15) is 0 Å². The Morgan fingerprint density at radius 1 is 1.17 bits per heavy atom. The largest absolute Gasteiger partial charge is 0.337 e. The molecule has 1 saturated heterocycles. The third-order valence-corrected chi connectivity index (χ3v) is 3.49. The van der Waals surface area contributed by atoms with Gasteiger partial charge in [-0.25, -0.2) is 0 Å². The fourth-order valence-electron chi connectivity index (χ4n) is 2.59. The van der Waals surface area contributed by atoms with Crippen LogP contribution in [0.4, 0.5) is 0 Å². The van der Waals surface area contributed by atoms with Gasteiger partial charge in [0, 0.05) is 25.6 Å². The molecule has 2 aromatic rings. The van der Waals surface area contributed by atoms with E-state index in [1.54, 1.807) is 0 Å². The molecule has 1 atom stereocenters. The molecule has 1 fully saturated rings. The summed E-state index contributed by atoms with van der Waals surface area (Å²) >= 11 is 0. The molecule has 2 aromatic carbocycles. The number of carbonyl (C=O) groups excluding carboxylic acids is 1. The number of hydrogen-bond acceptors (Lipinski definition) is 2. The van der Waals surface area contributed by atoms with Crippen LogP contribution in [0.3, 0.4) is 0 Å². The van der Waals surface area contributed by atoms with Gasteiger partial charge in [-0.1, -0.05) is 42.5 Å². The summed E-state index contributed by atoms with van der Waals surface area (Å²) in [7, 11) is 0. The van der Waals surface area contributed by atoms with Gasteiger partial charge in [-0.3, -0.25) is 4.79 Å². The van der Waals surface area contributed by atoms with Gasteiger partial charge in [-0.2, -0.15) is 0 Å². The standard InChI is InChI=1S/C15H16N2O/c16-13-8-15(18)17(10-13)9-12-6-3-5-11-4-1-2-7-14(11)12/h1-7,13H,8-10,16H2. The first-order chi connectivity index (χ1) is 8.74. The lowest BCUT2D eigenvalue weighted by molar-refractivity contribution is -0.128. The van der Waals surface area contributed by atoms with Gasteiger partial charge in [0.15, 0.2) is 0 Å². The minimum absolute atomic E-state index is 0.00697. The average Bonchev–Trinajstić information content (AvgIpc) is 2.68. The summed E-state index contributed by atoms with van der Waals surface area (Å²) < 4.78 is 0. The van der Waals surface area contributed by atoms with E-state index in [-0.39, 0.29) is 11.9 Å². The second kappa shape index (κ2) is 4.42. The highest BCUT2D eigenvalue weighted by molar-refractivity contribution is 5.86. The lowest BCUT2D eigenvalue weighted by Gasteiger charge is -2.17. The Bertz CT molecular complexity index is 589. The highest BCUT2D eigenvalue weighted by Gasteiger charge is 2.26. The number of rotatable bonds is 2. The lowest BCUT2D eigenvalue weighted by Crippen LogP contribution is -2.27. The van der Waals surface area contributed by atoms with Crippen LogP contribution in [-0.2, 0) is 11.3 Å². The van der Waals surface area contributed by atoms with E-state index >= 15 is 0 Å². The van der Waals surface area contributed by atoms with Crippen LogP contribution in [0.2, 0.25) is 0 Å². The van der Waals surface area contributed by atoms with Crippen molar-refractivity contribution in [2.24, 2.45) is 5.73 Å². The highest BCUT2D eigenvalue weighted by atomic mass is 16.2. The molecule has 1 amide bonds. The molecule has 1 heterocycles. The third-order valence-electron chi connectivity index (χ3n) is 3.49. The van der Waals surface area contributed by atoms with Crippen LogP contribution >= 0.6 is 0 Å². The Morgan fingerprint density at radius 3 is 2.72 bits per heavy atom. The highest BCUT2D eigenvalue weighted by Crippen LogP contribution is 2.21. The second-order valence-corrected chi connectivity index (χ2v) is 4.88. The van der Waals surface area contributed by atoms with Crippen molar-refractivity contribution >= 4 is 16.7 Å². The summed E-state index contributed by atoms with van der Waals surface area (Å²) in [6.07, 6.45) is 0.477. The number of hydrogen-bond donors (Lipinski definition) is 1. The Kier molecular flexibility index (Phi) is 2.76. The monoisotopic (exact) mass is 240 g/mol. The topological polar surface area (TPSA) is 46.3 Å². The number of fused-ring (bicyclic) bond motifs is 1. The predicted octanol–water partition coefficient (Wildman–Crippen LogP) is 1.90. The van der Waals surface area contributed by atoms with Crippen molar-refractivity contribution < 1.29 is 4.79 Å². The fourth-order valence-corrected chi connectivity index (χ4v) is 2.59. The molecule has 0 spiro atoms. The minimum Gasteiger partial charge on any atom is -0.337 e. The summed E-state index contributed by atoms with van der Waals surface area (Å²) in [5.74, 6) is 0.162. The zero-order chi connectivity index (χ0) is 12.5. The van der Waals surface area contributed by atoms with E-state index < -0.39 is 0 Å². The van der Waals surface area contributed by atoms with Crippen LogP contribution in [0.5, 0.6) is 0 Å². The fraction of sp³-hybridized carbons (Fsp3) is 0.267. The molecule has 1 aliphatic rings. The molecule has 92 valence electrons. The van der Waals surface area contributed by atoms with Gasteiger partial charge in [0.05, 0.1) is 0 Å². The van der Waals surface area contributed by atoms with Crippen molar-refractivity contribution in [2.45, 2.75) is 19.0 Å². The minimum atomic E-state index is -0.00697. The van der Waals surface area contributed by atoms with E-state index in [0.29, 0.717) is 19.5 Å². The van der Waals surface area contributed by atoms with Crippen molar-refractivity contribution in [3.63, 3.8) is 0 Å². The van der Waals surface area contributed by atoms with Crippen molar-refractivity contribution in [3.8, 4) is 0 Å². The summed E-state index contributed by atoms with van der Waals surface area (Å²) in [6.45, 7) is 1.33. The Labute approximate surface area is 106 Å². The van der Waals surface area contributed by atoms with Crippen LogP contribution in [0.1, 0.15) is 12.0 Å². The second-order valence-electron chi connectivity index (χ2n) is 4.88. The summed E-state index contributed by atoms with van der Waals surface area (Å²) in [4.78, 5) is 13.6. The number of nitrogens with two attached hydrogens (primary N) is 1. The van der Waals surface area contributed by atoms with E-state index in [4.69, 9.17) is 5.73 Å². The molecular weight excluding hydrogens is 224 g/mol. The first kappa shape index (κ1) is 11.2. The van der Waals surface area contributed by atoms with E-state index in [1.807, 2.05) is 23.1 Å². The molecular formula is C15H16N2O.